The zero-order valence-electron chi connectivity index (χ0n) is 20.2. The van der Waals surface area contributed by atoms with Crippen LogP contribution in [0.25, 0.3) is 6.08 Å². The molecule has 2 aliphatic rings. The van der Waals surface area contributed by atoms with Crippen LogP contribution in [0, 0.1) is 5.92 Å². The lowest BCUT2D eigenvalue weighted by molar-refractivity contribution is -0.129. The zero-order chi connectivity index (χ0) is 24.8. The Morgan fingerprint density at radius 1 is 1.14 bits per heavy atom. The maximum atomic E-state index is 13.7. The van der Waals surface area contributed by atoms with Crippen LogP contribution in [0.4, 0.5) is 5.69 Å². The van der Waals surface area contributed by atoms with Crippen LogP contribution in [0.1, 0.15) is 45.1 Å². The second kappa shape index (κ2) is 11.5. The van der Waals surface area contributed by atoms with Crippen LogP contribution in [0.15, 0.2) is 53.4 Å². The fraction of sp³-hybridized carbons (Fsp3) is 0.407. The van der Waals surface area contributed by atoms with E-state index < -0.39 is 5.91 Å². The molecule has 0 aromatic heterocycles. The molecule has 2 aromatic carbocycles. The van der Waals surface area contributed by atoms with Crippen molar-refractivity contribution in [2.45, 2.75) is 51.1 Å². The topological polar surface area (TPSA) is 93.9 Å². The Balaban J connectivity index is 1.62. The molecule has 0 radical (unpaired) electrons. The quantitative estimate of drug-likeness (QED) is 0.484. The molecule has 4 rings (SSSR count). The summed E-state index contributed by atoms with van der Waals surface area (Å²) >= 11 is 1.54. The Labute approximate surface area is 211 Å². The summed E-state index contributed by atoms with van der Waals surface area (Å²) in [6.07, 6.45) is 6.43. The van der Waals surface area contributed by atoms with Gasteiger partial charge in [-0.2, -0.15) is 0 Å². The van der Waals surface area contributed by atoms with E-state index in [-0.39, 0.29) is 24.1 Å². The van der Waals surface area contributed by atoms with Crippen LogP contribution in [-0.4, -0.2) is 41.5 Å². The number of thioether (sulfide) groups is 1. The largest absolute Gasteiger partial charge is 0.490 e. The molecule has 2 fully saturated rings. The van der Waals surface area contributed by atoms with E-state index in [1.165, 1.54) is 6.42 Å². The Hall–Kier alpha value is -3.13. The highest BCUT2D eigenvalue weighted by Gasteiger charge is 2.42. The van der Waals surface area contributed by atoms with Crippen molar-refractivity contribution in [1.29, 1.82) is 0 Å². The number of nitrogens with zero attached hydrogens (tertiary/aromatic N) is 1. The van der Waals surface area contributed by atoms with E-state index in [2.05, 4.69) is 12.2 Å². The lowest BCUT2D eigenvalue weighted by Crippen LogP contribution is -2.48. The number of nitrogens with two attached hydrogens (primary N) is 1. The second-order valence-electron chi connectivity index (χ2n) is 8.92. The molecular weight excluding hydrogens is 462 g/mol. The molecule has 1 heterocycles. The maximum absolute atomic E-state index is 13.7. The minimum atomic E-state index is -0.555. The molecule has 1 saturated heterocycles. The first-order valence-electron chi connectivity index (χ1n) is 12.2. The molecule has 7 nitrogen and oxygen atoms in total. The first-order valence-corrected chi connectivity index (χ1v) is 13.0. The Kier molecular flexibility index (Phi) is 8.23. The molecule has 3 N–H and O–H groups in total. The summed E-state index contributed by atoms with van der Waals surface area (Å²) in [5.41, 5.74) is 6.85. The number of anilines is 1. The third kappa shape index (κ3) is 6.11. The summed E-state index contributed by atoms with van der Waals surface area (Å²) in [6.45, 7) is 4.35. The third-order valence-corrected chi connectivity index (χ3v) is 7.47. The van der Waals surface area contributed by atoms with Gasteiger partial charge in [-0.25, -0.2) is 0 Å². The van der Waals surface area contributed by atoms with Gasteiger partial charge in [0, 0.05) is 11.7 Å². The van der Waals surface area contributed by atoms with E-state index in [1.807, 2.05) is 60.4 Å². The van der Waals surface area contributed by atoms with Gasteiger partial charge < -0.3 is 25.4 Å². The van der Waals surface area contributed by atoms with Crippen molar-refractivity contribution in [2.24, 2.45) is 11.7 Å². The molecule has 2 amide bonds. The number of primary amides is 1. The zero-order valence-corrected chi connectivity index (χ0v) is 21.1. The lowest BCUT2D eigenvalue weighted by Gasteiger charge is -2.39. The van der Waals surface area contributed by atoms with Crippen molar-refractivity contribution in [3.05, 3.63) is 59.0 Å². The number of rotatable bonds is 9. The van der Waals surface area contributed by atoms with Gasteiger partial charge in [0.2, 0.25) is 0 Å². The average Bonchev–Trinajstić information content (AvgIpc) is 3.14. The fourth-order valence-corrected chi connectivity index (χ4v) is 5.88. The van der Waals surface area contributed by atoms with E-state index in [0.717, 1.165) is 30.5 Å². The van der Waals surface area contributed by atoms with Crippen molar-refractivity contribution in [2.75, 3.05) is 18.5 Å². The summed E-state index contributed by atoms with van der Waals surface area (Å²) in [6, 6.07) is 15.6. The SMILES string of the molecule is CCOc1cc(/C=C2\SC(Nc3ccccc3)N([C@@H]3CCCC[C@@H]3C)C2=O)ccc1OCC(N)=O. The number of hydrogen-bond acceptors (Lipinski definition) is 6. The molecule has 1 aliphatic heterocycles. The minimum Gasteiger partial charge on any atom is -0.490 e. The molecule has 0 spiro atoms. The molecule has 1 aliphatic carbocycles. The van der Waals surface area contributed by atoms with Crippen molar-refractivity contribution in [3.63, 3.8) is 0 Å². The maximum Gasteiger partial charge on any atom is 0.262 e. The monoisotopic (exact) mass is 495 g/mol. The van der Waals surface area contributed by atoms with Gasteiger partial charge in [0.05, 0.1) is 11.5 Å². The number of benzene rings is 2. The molecule has 1 saturated carbocycles. The van der Waals surface area contributed by atoms with Crippen LogP contribution in [0.2, 0.25) is 0 Å². The standard InChI is InChI=1S/C27H33N3O4S/c1-3-33-23-15-19(13-14-22(23)34-17-25(28)31)16-24-26(32)30(21-12-8-7-9-18(21)2)27(35-24)29-20-10-5-4-6-11-20/h4-6,10-11,13-16,18,21,27,29H,3,7-9,12,17H2,1-2H3,(H2,28,31)/b24-16-/t18-,21+,27?/m0/s1. The van der Waals surface area contributed by atoms with Gasteiger partial charge >= 0.3 is 0 Å². The van der Waals surface area contributed by atoms with Gasteiger partial charge in [-0.3, -0.25) is 9.59 Å². The van der Waals surface area contributed by atoms with Crippen LogP contribution in [0.5, 0.6) is 11.5 Å². The number of carbonyl (C=O) groups is 2. The van der Waals surface area contributed by atoms with E-state index in [1.54, 1.807) is 17.8 Å². The molecule has 2 aromatic rings. The van der Waals surface area contributed by atoms with E-state index in [4.69, 9.17) is 15.2 Å². The van der Waals surface area contributed by atoms with Crippen molar-refractivity contribution in [1.82, 2.24) is 4.90 Å². The summed E-state index contributed by atoms with van der Waals surface area (Å²) < 4.78 is 11.2. The Morgan fingerprint density at radius 2 is 1.91 bits per heavy atom. The Bertz CT molecular complexity index is 1080. The number of carbonyl (C=O) groups excluding carboxylic acids is 2. The van der Waals surface area contributed by atoms with Gasteiger partial charge in [0.1, 0.15) is 0 Å². The molecule has 186 valence electrons. The normalized spacial score (nSPS) is 23.4. The number of hydrogen-bond donors (Lipinski definition) is 2. The molecule has 35 heavy (non-hydrogen) atoms. The molecular formula is C27H33N3O4S. The number of nitrogens with one attached hydrogen (secondary N) is 1. The van der Waals surface area contributed by atoms with Crippen LogP contribution >= 0.6 is 11.8 Å². The van der Waals surface area contributed by atoms with E-state index in [9.17, 15) is 9.59 Å². The summed E-state index contributed by atoms with van der Waals surface area (Å²) in [7, 11) is 0. The number of ether oxygens (including phenoxy) is 2. The minimum absolute atomic E-state index is 0.0502. The van der Waals surface area contributed by atoms with Gasteiger partial charge in [-0.05, 0) is 61.6 Å². The third-order valence-electron chi connectivity index (χ3n) is 6.36. The smallest absolute Gasteiger partial charge is 0.262 e. The van der Waals surface area contributed by atoms with Gasteiger partial charge in [-0.1, -0.05) is 55.8 Å². The Morgan fingerprint density at radius 3 is 2.63 bits per heavy atom. The first-order chi connectivity index (χ1) is 17.0. The predicted molar refractivity (Wildman–Crippen MR) is 140 cm³/mol. The summed E-state index contributed by atoms with van der Waals surface area (Å²) in [5.74, 6) is 0.906. The molecule has 1 unspecified atom stereocenters. The average molecular weight is 496 g/mol. The molecule has 8 heteroatoms. The molecule has 0 bridgehead atoms. The van der Waals surface area contributed by atoms with E-state index >= 15 is 0 Å². The van der Waals surface area contributed by atoms with Crippen LogP contribution in [0.3, 0.4) is 0 Å². The number of para-hydroxylation sites is 1. The van der Waals surface area contributed by atoms with Gasteiger partial charge in [0.25, 0.3) is 11.8 Å². The van der Waals surface area contributed by atoms with Crippen LogP contribution < -0.4 is 20.5 Å². The van der Waals surface area contributed by atoms with Crippen LogP contribution in [-0.2, 0) is 9.59 Å². The number of amides is 2. The first kappa shape index (κ1) is 25.0. The summed E-state index contributed by atoms with van der Waals surface area (Å²) in [5, 5.41) is 3.56. The van der Waals surface area contributed by atoms with Crippen molar-refractivity contribution >= 4 is 35.3 Å². The van der Waals surface area contributed by atoms with Crippen molar-refractivity contribution in [3.8, 4) is 11.5 Å². The predicted octanol–water partition coefficient (Wildman–Crippen LogP) is 4.84. The van der Waals surface area contributed by atoms with Gasteiger partial charge in [0.15, 0.2) is 23.6 Å². The summed E-state index contributed by atoms with van der Waals surface area (Å²) in [4.78, 5) is 27.5. The van der Waals surface area contributed by atoms with E-state index in [0.29, 0.717) is 28.9 Å². The second-order valence-corrected chi connectivity index (χ2v) is 10.0. The lowest BCUT2D eigenvalue weighted by atomic mass is 9.85. The van der Waals surface area contributed by atoms with Crippen molar-refractivity contribution < 1.29 is 19.1 Å². The highest BCUT2D eigenvalue weighted by molar-refractivity contribution is 8.05. The highest BCUT2D eigenvalue weighted by Crippen LogP contribution is 2.42. The van der Waals surface area contributed by atoms with Gasteiger partial charge in [-0.15, -0.1) is 0 Å². The molecule has 3 atom stereocenters. The highest BCUT2D eigenvalue weighted by atomic mass is 32.2. The fourth-order valence-electron chi connectivity index (χ4n) is 4.67.